The van der Waals surface area contributed by atoms with Gasteiger partial charge in [0.25, 0.3) is 0 Å². The Labute approximate surface area is 62.1 Å². The summed E-state index contributed by atoms with van der Waals surface area (Å²) in [7, 11) is 1.47. The summed E-state index contributed by atoms with van der Waals surface area (Å²) in [6.45, 7) is 1.69. The van der Waals surface area contributed by atoms with Crippen LogP contribution in [-0.4, -0.2) is 29.1 Å². The highest BCUT2D eigenvalue weighted by Crippen LogP contribution is 2.07. The first-order valence-electron chi connectivity index (χ1n) is 2.49. The van der Waals surface area contributed by atoms with Crippen LogP contribution in [0.5, 0.6) is 0 Å². The molecule has 0 aliphatic carbocycles. The predicted molar refractivity (Wildman–Crippen MR) is 36.8 cm³/mol. The maximum atomic E-state index is 10.2. The van der Waals surface area contributed by atoms with Gasteiger partial charge in [0.1, 0.15) is 4.83 Å². The second-order valence-electron chi connectivity index (χ2n) is 1.68. The van der Waals surface area contributed by atoms with Gasteiger partial charge in [0.05, 0.1) is 6.10 Å². The van der Waals surface area contributed by atoms with Gasteiger partial charge in [0, 0.05) is 7.11 Å². The van der Waals surface area contributed by atoms with Gasteiger partial charge in [-0.3, -0.25) is 4.79 Å². The molecule has 0 bridgehead atoms. The van der Waals surface area contributed by atoms with E-state index in [4.69, 9.17) is 9.84 Å². The van der Waals surface area contributed by atoms with E-state index < -0.39 is 10.8 Å². The lowest BCUT2D eigenvalue weighted by Gasteiger charge is -2.11. The van der Waals surface area contributed by atoms with E-state index in [2.05, 4.69) is 15.9 Å². The standard InChI is InChI=1S/C5H9BrO3/c1-3(9-2)4(6)5(7)8/h3-4H,1-2H3,(H,7,8). The van der Waals surface area contributed by atoms with Crippen molar-refractivity contribution in [2.75, 3.05) is 7.11 Å². The predicted octanol–water partition coefficient (Wildman–Crippen LogP) is 0.869. The zero-order chi connectivity index (χ0) is 7.44. The van der Waals surface area contributed by atoms with Crippen LogP contribution in [0.2, 0.25) is 0 Å². The Kier molecular flexibility index (Phi) is 3.81. The van der Waals surface area contributed by atoms with Crippen molar-refractivity contribution in [2.24, 2.45) is 0 Å². The highest BCUT2D eigenvalue weighted by atomic mass is 79.9. The number of ether oxygens (including phenoxy) is 1. The summed E-state index contributed by atoms with van der Waals surface area (Å²) in [5.41, 5.74) is 0. The monoisotopic (exact) mass is 196 g/mol. The van der Waals surface area contributed by atoms with Gasteiger partial charge in [-0.15, -0.1) is 0 Å². The molecule has 0 radical (unpaired) electrons. The zero-order valence-electron chi connectivity index (χ0n) is 5.30. The number of hydrogen-bond donors (Lipinski definition) is 1. The number of rotatable bonds is 3. The number of carboxylic acid groups (broad SMARTS) is 1. The van der Waals surface area contributed by atoms with Crippen LogP contribution in [0, 0.1) is 0 Å². The van der Waals surface area contributed by atoms with Gasteiger partial charge in [-0.25, -0.2) is 0 Å². The third-order valence-electron chi connectivity index (χ3n) is 1.02. The molecule has 0 aromatic heterocycles. The van der Waals surface area contributed by atoms with Gasteiger partial charge < -0.3 is 9.84 Å². The fourth-order valence-electron chi connectivity index (χ4n) is 0.320. The quantitative estimate of drug-likeness (QED) is 0.682. The van der Waals surface area contributed by atoms with Crippen molar-refractivity contribution >= 4 is 21.9 Å². The van der Waals surface area contributed by atoms with E-state index in [-0.39, 0.29) is 6.10 Å². The van der Waals surface area contributed by atoms with E-state index in [1.54, 1.807) is 6.92 Å². The molecule has 0 aromatic carbocycles. The van der Waals surface area contributed by atoms with Crippen LogP contribution < -0.4 is 0 Å². The minimum atomic E-state index is -0.899. The minimum Gasteiger partial charge on any atom is -0.480 e. The SMILES string of the molecule is COC(C)C(Br)C(=O)O. The highest BCUT2D eigenvalue weighted by molar-refractivity contribution is 9.10. The molecule has 9 heavy (non-hydrogen) atoms. The molecule has 0 spiro atoms. The first-order chi connectivity index (χ1) is 4.09. The average molecular weight is 197 g/mol. The van der Waals surface area contributed by atoms with E-state index in [1.165, 1.54) is 7.11 Å². The lowest BCUT2D eigenvalue weighted by atomic mass is 10.3. The van der Waals surface area contributed by atoms with E-state index in [0.717, 1.165) is 0 Å². The number of aliphatic carboxylic acids is 1. The van der Waals surface area contributed by atoms with E-state index >= 15 is 0 Å². The van der Waals surface area contributed by atoms with Gasteiger partial charge in [0.2, 0.25) is 0 Å². The van der Waals surface area contributed by atoms with Gasteiger partial charge >= 0.3 is 5.97 Å². The summed E-state index contributed by atoms with van der Waals surface area (Å²) in [6, 6.07) is 0. The topological polar surface area (TPSA) is 46.5 Å². The summed E-state index contributed by atoms with van der Waals surface area (Å²) < 4.78 is 4.75. The number of alkyl halides is 1. The van der Waals surface area contributed by atoms with Crippen LogP contribution in [0.15, 0.2) is 0 Å². The van der Waals surface area contributed by atoms with Crippen molar-refractivity contribution in [1.82, 2.24) is 0 Å². The van der Waals surface area contributed by atoms with Crippen LogP contribution in [0.4, 0.5) is 0 Å². The Morgan fingerprint density at radius 3 is 2.33 bits per heavy atom. The summed E-state index contributed by atoms with van der Waals surface area (Å²) >= 11 is 2.94. The van der Waals surface area contributed by atoms with Crippen LogP contribution >= 0.6 is 15.9 Å². The molecule has 0 aliphatic rings. The number of hydrogen-bond acceptors (Lipinski definition) is 2. The Hall–Kier alpha value is -0.0900. The lowest BCUT2D eigenvalue weighted by Crippen LogP contribution is -2.27. The Morgan fingerprint density at radius 2 is 2.22 bits per heavy atom. The lowest BCUT2D eigenvalue weighted by molar-refractivity contribution is -0.138. The largest absolute Gasteiger partial charge is 0.480 e. The first-order valence-corrected chi connectivity index (χ1v) is 3.40. The van der Waals surface area contributed by atoms with E-state index in [0.29, 0.717) is 0 Å². The molecule has 54 valence electrons. The normalized spacial score (nSPS) is 16.8. The molecule has 0 heterocycles. The zero-order valence-corrected chi connectivity index (χ0v) is 6.88. The van der Waals surface area contributed by atoms with Crippen LogP contribution in [0.3, 0.4) is 0 Å². The molecular weight excluding hydrogens is 188 g/mol. The Morgan fingerprint density at radius 1 is 1.78 bits per heavy atom. The second kappa shape index (κ2) is 3.85. The van der Waals surface area contributed by atoms with E-state index in [9.17, 15) is 4.79 Å². The summed E-state index contributed by atoms with van der Waals surface area (Å²) in [5, 5.41) is 8.36. The number of carboxylic acids is 1. The van der Waals surface area contributed by atoms with Crippen LogP contribution in [-0.2, 0) is 9.53 Å². The van der Waals surface area contributed by atoms with E-state index in [1.807, 2.05) is 0 Å². The Balaban J connectivity index is 3.72. The van der Waals surface area contributed by atoms with Crippen molar-refractivity contribution in [3.63, 3.8) is 0 Å². The number of carbonyl (C=O) groups is 1. The molecule has 0 fully saturated rings. The third kappa shape index (κ3) is 2.81. The van der Waals surface area contributed by atoms with Gasteiger partial charge in [-0.05, 0) is 6.92 Å². The maximum absolute atomic E-state index is 10.2. The Bertz CT molecular complexity index is 104. The molecule has 0 saturated heterocycles. The molecular formula is C5H9BrO3. The third-order valence-corrected chi connectivity index (χ3v) is 2.16. The highest BCUT2D eigenvalue weighted by Gasteiger charge is 2.20. The van der Waals surface area contributed by atoms with Crippen molar-refractivity contribution in [1.29, 1.82) is 0 Å². The number of halogens is 1. The van der Waals surface area contributed by atoms with Crippen molar-refractivity contribution in [3.05, 3.63) is 0 Å². The molecule has 0 amide bonds. The van der Waals surface area contributed by atoms with Crippen molar-refractivity contribution < 1.29 is 14.6 Å². The average Bonchev–Trinajstić information content (AvgIpc) is 1.84. The van der Waals surface area contributed by atoms with Crippen molar-refractivity contribution in [2.45, 2.75) is 17.9 Å². The summed E-state index contributed by atoms with van der Waals surface area (Å²) in [5.74, 6) is -0.899. The van der Waals surface area contributed by atoms with Crippen molar-refractivity contribution in [3.8, 4) is 0 Å². The number of methoxy groups -OCH3 is 1. The summed E-state index contributed by atoms with van der Waals surface area (Å²) in [4.78, 5) is 9.56. The van der Waals surface area contributed by atoms with Crippen LogP contribution in [0.25, 0.3) is 0 Å². The molecule has 3 nitrogen and oxygen atoms in total. The minimum absolute atomic E-state index is 0.289. The molecule has 0 rings (SSSR count). The molecule has 2 atom stereocenters. The molecule has 2 unspecified atom stereocenters. The first kappa shape index (κ1) is 8.91. The smallest absolute Gasteiger partial charge is 0.319 e. The van der Waals surface area contributed by atoms with Gasteiger partial charge in [-0.1, -0.05) is 15.9 Å². The molecule has 1 N–H and O–H groups in total. The fraction of sp³-hybridized carbons (Fsp3) is 0.800. The molecule has 4 heteroatoms. The molecule has 0 saturated carbocycles. The molecule has 0 aliphatic heterocycles. The fourth-order valence-corrected chi connectivity index (χ4v) is 0.536. The van der Waals surface area contributed by atoms with Gasteiger partial charge in [-0.2, -0.15) is 0 Å². The second-order valence-corrected chi connectivity index (χ2v) is 2.67. The summed E-state index contributed by atoms with van der Waals surface area (Å²) in [6.07, 6.45) is -0.289. The molecule has 0 aromatic rings. The van der Waals surface area contributed by atoms with Crippen LogP contribution in [0.1, 0.15) is 6.92 Å². The van der Waals surface area contributed by atoms with Gasteiger partial charge in [0.15, 0.2) is 0 Å². The maximum Gasteiger partial charge on any atom is 0.319 e.